The number of phenolic OH excluding ortho intramolecular Hbond substituents is 1. The summed E-state index contributed by atoms with van der Waals surface area (Å²) < 4.78 is 17.7. The van der Waals surface area contributed by atoms with Gasteiger partial charge in [-0.05, 0) is 116 Å². The second kappa shape index (κ2) is 18.7. The van der Waals surface area contributed by atoms with Crippen molar-refractivity contribution >= 4 is 34.6 Å². The fourth-order valence-electron chi connectivity index (χ4n) is 7.64. The van der Waals surface area contributed by atoms with Crippen LogP contribution in [-0.2, 0) is 16.1 Å². The number of alkyl carbamates (subject to hydrolysis) is 1. The lowest BCUT2D eigenvalue weighted by molar-refractivity contribution is -0.0336. The van der Waals surface area contributed by atoms with Crippen LogP contribution in [0.15, 0.2) is 102 Å². The first kappa shape index (κ1) is 39.8. The number of hydrogen-bond donors (Lipinski definition) is 5. The number of fused-ring (bicyclic) bond motifs is 4. The van der Waals surface area contributed by atoms with Crippen LogP contribution in [0.1, 0.15) is 70.4 Å². The number of carbonyl (C=O) groups excluding carboxylic acids is 2. The normalized spacial score (nSPS) is 18.5. The third kappa shape index (κ3) is 10.3. The van der Waals surface area contributed by atoms with Crippen molar-refractivity contribution in [3.63, 3.8) is 0 Å². The van der Waals surface area contributed by atoms with Gasteiger partial charge in [-0.2, -0.15) is 0 Å². The third-order valence-electron chi connectivity index (χ3n) is 10.6. The van der Waals surface area contributed by atoms with Crippen LogP contribution >= 0.6 is 11.6 Å². The van der Waals surface area contributed by atoms with Crippen LogP contribution in [-0.4, -0.2) is 77.6 Å². The summed E-state index contributed by atoms with van der Waals surface area (Å²) in [6.45, 7) is 4.09. The summed E-state index contributed by atoms with van der Waals surface area (Å²) in [5.41, 5.74) is 3.27. The Labute approximate surface area is 335 Å². The van der Waals surface area contributed by atoms with E-state index < -0.39 is 24.2 Å². The van der Waals surface area contributed by atoms with Gasteiger partial charge in [-0.15, -0.1) is 0 Å². The van der Waals surface area contributed by atoms with Crippen LogP contribution < -0.4 is 20.9 Å². The van der Waals surface area contributed by atoms with Crippen LogP contribution in [0, 0.1) is 5.92 Å². The molecule has 3 fully saturated rings. The zero-order chi connectivity index (χ0) is 39.7. The largest absolute Gasteiger partial charge is 0.506 e. The highest BCUT2D eigenvalue weighted by Gasteiger charge is 2.37. The second-order valence-corrected chi connectivity index (χ2v) is 15.1. The number of esters is 1. The van der Waals surface area contributed by atoms with Crippen molar-refractivity contribution in [2.24, 2.45) is 5.92 Å². The Morgan fingerprint density at radius 2 is 1.74 bits per heavy atom. The summed E-state index contributed by atoms with van der Waals surface area (Å²) >= 11 is 6.41. The fraction of sp³-hybridized carbons (Fsp3) is 0.341. The topological polar surface area (TPSA) is 162 Å². The minimum absolute atomic E-state index is 0.0630. The van der Waals surface area contributed by atoms with E-state index in [1.807, 2.05) is 54.6 Å². The first-order valence-corrected chi connectivity index (χ1v) is 19.8. The smallest absolute Gasteiger partial charge is 0.408 e. The van der Waals surface area contributed by atoms with Crippen molar-refractivity contribution in [1.29, 1.82) is 0 Å². The van der Waals surface area contributed by atoms with Gasteiger partial charge in [-0.25, -0.2) is 9.59 Å². The number of pyridine rings is 1. The molecule has 1 aromatic heterocycles. The first-order chi connectivity index (χ1) is 27.7. The average molecular weight is 795 g/mol. The molecular formula is C44H47ClN4O8. The van der Waals surface area contributed by atoms with E-state index in [9.17, 15) is 24.6 Å². The molecule has 3 saturated heterocycles. The van der Waals surface area contributed by atoms with Crippen molar-refractivity contribution < 1.29 is 34.0 Å². The van der Waals surface area contributed by atoms with E-state index in [1.165, 1.54) is 12.1 Å². The molecule has 5 aromatic rings. The summed E-state index contributed by atoms with van der Waals surface area (Å²) in [7, 11) is 0. The lowest BCUT2D eigenvalue weighted by atomic mass is 9.86. The molecule has 13 heteroatoms. The zero-order valence-electron chi connectivity index (χ0n) is 31.5. The SMILES string of the molecule is O=C(NC(c1ccccc1)c1cccc(OCc2cc(Cl)cc(C(=O)OCCCCNCC(O)c3ccc(O)c4[nH]c(=O)ccc34)c2)c1)OC1CN2CCC1CC2. The Morgan fingerprint density at radius 3 is 2.53 bits per heavy atom. The predicted octanol–water partition coefficient (Wildman–Crippen LogP) is 6.64. The monoisotopic (exact) mass is 794 g/mol. The molecule has 3 aliphatic rings. The standard InChI is InChI=1S/C44H47ClN4O8/c45-33-22-28(21-32(23-33)43(53)55-20-5-4-17-46-25-38(51)35-11-13-37(50)42-36(35)12-14-40(52)47-42)27-56-34-10-6-9-31(24-34)41(30-7-2-1-3-8-30)48-44(54)57-39-26-49-18-15-29(39)16-19-49/h1-3,6-14,21-24,29,38-39,41,46,50-51H,4-5,15-20,25-27H2,(H,47,52)(H,48,54). The number of amides is 1. The Morgan fingerprint density at radius 1 is 0.930 bits per heavy atom. The summed E-state index contributed by atoms with van der Waals surface area (Å²) in [5.74, 6) is 0.425. The van der Waals surface area contributed by atoms with Crippen LogP contribution in [0.25, 0.3) is 10.9 Å². The molecule has 8 rings (SSSR count). The maximum atomic E-state index is 13.2. The van der Waals surface area contributed by atoms with E-state index >= 15 is 0 Å². The van der Waals surface area contributed by atoms with Gasteiger partial charge in [0.25, 0.3) is 0 Å². The number of aliphatic hydroxyl groups is 1. The maximum Gasteiger partial charge on any atom is 0.408 e. The van der Waals surface area contributed by atoms with Gasteiger partial charge in [0.2, 0.25) is 5.56 Å². The first-order valence-electron chi connectivity index (χ1n) is 19.4. The highest BCUT2D eigenvalue weighted by atomic mass is 35.5. The molecule has 0 spiro atoms. The molecule has 3 atom stereocenters. The summed E-state index contributed by atoms with van der Waals surface area (Å²) in [4.78, 5) is 42.8. The molecule has 1 amide bonds. The van der Waals surface area contributed by atoms with E-state index in [0.717, 1.165) is 43.6 Å². The molecule has 3 aliphatic heterocycles. The number of aliphatic hydroxyl groups excluding tert-OH is 1. The number of aromatic amines is 1. The summed E-state index contributed by atoms with van der Waals surface area (Å²) in [5, 5.41) is 28.1. The lowest BCUT2D eigenvalue weighted by Crippen LogP contribution is -2.52. The number of aromatic nitrogens is 1. The predicted molar refractivity (Wildman–Crippen MR) is 217 cm³/mol. The van der Waals surface area contributed by atoms with E-state index in [0.29, 0.717) is 58.2 Å². The summed E-state index contributed by atoms with van der Waals surface area (Å²) in [6, 6.07) is 27.8. The van der Waals surface area contributed by atoms with E-state index in [2.05, 4.69) is 20.5 Å². The number of nitrogens with zero attached hydrogens (tertiary/aromatic N) is 1. The fourth-order valence-corrected chi connectivity index (χ4v) is 7.90. The molecule has 3 unspecified atom stereocenters. The van der Waals surface area contributed by atoms with Crippen LogP contribution in [0.3, 0.4) is 0 Å². The van der Waals surface area contributed by atoms with Crippen molar-refractivity contribution in [2.45, 2.75) is 50.5 Å². The number of aromatic hydroxyl groups is 1. The van der Waals surface area contributed by atoms with Crippen molar-refractivity contribution in [3.05, 3.63) is 140 Å². The molecule has 57 heavy (non-hydrogen) atoms. The Balaban J connectivity index is 0.883. The highest BCUT2D eigenvalue weighted by Crippen LogP contribution is 2.32. The van der Waals surface area contributed by atoms with Gasteiger partial charge in [0.15, 0.2) is 0 Å². The molecule has 298 valence electrons. The summed E-state index contributed by atoms with van der Waals surface area (Å²) in [6.07, 6.45) is 1.99. The minimum atomic E-state index is -0.861. The van der Waals surface area contributed by atoms with Crippen molar-refractivity contribution in [2.75, 3.05) is 39.3 Å². The van der Waals surface area contributed by atoms with Gasteiger partial charge in [-0.1, -0.05) is 60.1 Å². The van der Waals surface area contributed by atoms with E-state index in [1.54, 1.807) is 30.3 Å². The Hall–Kier alpha value is -5.40. The number of nitrogens with one attached hydrogen (secondary N) is 3. The van der Waals surface area contributed by atoms with Crippen LogP contribution in [0.4, 0.5) is 4.79 Å². The molecule has 12 nitrogen and oxygen atoms in total. The number of phenols is 1. The zero-order valence-corrected chi connectivity index (χ0v) is 32.3. The van der Waals surface area contributed by atoms with Gasteiger partial charge in [0.05, 0.1) is 29.8 Å². The highest BCUT2D eigenvalue weighted by molar-refractivity contribution is 6.31. The molecule has 4 aromatic carbocycles. The van der Waals surface area contributed by atoms with Gasteiger partial charge in [-0.3, -0.25) is 9.69 Å². The molecular weight excluding hydrogens is 748 g/mol. The molecule has 0 saturated carbocycles. The van der Waals surface area contributed by atoms with E-state index in [-0.39, 0.29) is 42.7 Å². The minimum Gasteiger partial charge on any atom is -0.506 e. The number of H-pyrrole nitrogens is 1. The van der Waals surface area contributed by atoms with E-state index in [4.69, 9.17) is 25.8 Å². The number of halogens is 1. The number of carbonyl (C=O) groups is 2. The Bertz CT molecular complexity index is 2230. The molecule has 5 N–H and O–H groups in total. The van der Waals surface area contributed by atoms with Gasteiger partial charge >= 0.3 is 12.1 Å². The number of hydrogen-bond acceptors (Lipinski definition) is 10. The van der Waals surface area contributed by atoms with Gasteiger partial charge in [0.1, 0.15) is 24.2 Å². The number of ether oxygens (including phenoxy) is 3. The van der Waals surface area contributed by atoms with Gasteiger partial charge in [0, 0.05) is 29.6 Å². The number of rotatable bonds is 16. The van der Waals surface area contributed by atoms with Crippen LogP contribution in [0.5, 0.6) is 11.5 Å². The quantitative estimate of drug-likeness (QED) is 0.0541. The average Bonchev–Trinajstić information content (AvgIpc) is 3.22. The number of benzene rings is 4. The molecule has 0 radical (unpaired) electrons. The van der Waals surface area contributed by atoms with Crippen LogP contribution in [0.2, 0.25) is 5.02 Å². The third-order valence-corrected chi connectivity index (χ3v) is 10.8. The number of piperidine rings is 3. The number of unbranched alkanes of at least 4 members (excludes halogenated alkanes) is 1. The maximum absolute atomic E-state index is 13.2. The van der Waals surface area contributed by atoms with Gasteiger partial charge < -0.3 is 40.0 Å². The lowest BCUT2D eigenvalue weighted by Gasteiger charge is -2.43. The van der Waals surface area contributed by atoms with Crippen molar-refractivity contribution in [1.82, 2.24) is 20.5 Å². The van der Waals surface area contributed by atoms with Crippen molar-refractivity contribution in [3.8, 4) is 11.5 Å². The molecule has 4 heterocycles. The molecule has 0 aliphatic carbocycles. The molecule has 2 bridgehead atoms. The second-order valence-electron chi connectivity index (χ2n) is 14.6. The Kier molecular flexibility index (Phi) is 13.1.